The van der Waals surface area contributed by atoms with Crippen molar-refractivity contribution < 1.29 is 8.42 Å². The lowest BCUT2D eigenvalue weighted by Crippen LogP contribution is -2.15. The average Bonchev–Trinajstić information content (AvgIpc) is 3.27. The molecule has 0 spiro atoms. The summed E-state index contributed by atoms with van der Waals surface area (Å²) in [6.45, 7) is 1.93. The summed E-state index contributed by atoms with van der Waals surface area (Å²) in [4.78, 5) is 0.256. The Labute approximate surface area is 139 Å². The molecule has 1 saturated carbocycles. The van der Waals surface area contributed by atoms with Gasteiger partial charge in [0.15, 0.2) is 0 Å². The van der Waals surface area contributed by atoms with Crippen LogP contribution in [0.25, 0.3) is 0 Å². The first-order valence-electron chi connectivity index (χ1n) is 7.10. The van der Waals surface area contributed by atoms with Crippen LogP contribution in [0.1, 0.15) is 18.4 Å². The maximum atomic E-state index is 12.6. The molecule has 0 unspecified atom stereocenters. The maximum absolute atomic E-state index is 12.6. The van der Waals surface area contributed by atoms with Gasteiger partial charge in [-0.1, -0.05) is 23.8 Å². The molecule has 1 aliphatic rings. The number of halogens is 1. The second-order valence-corrected chi connectivity index (χ2v) is 8.04. The number of anilines is 2. The van der Waals surface area contributed by atoms with E-state index < -0.39 is 10.0 Å². The standard InChI is InChI=1S/C16H17BrN2O2S/c1-11-5-9-13(10-6-11)22(20,21)19-16-14(17)3-2-4-15(16)18-12-7-8-12/h2-6,9-10,12,18-19H,7-8H2,1H3. The van der Waals surface area contributed by atoms with Gasteiger partial charge in [0, 0.05) is 10.5 Å². The van der Waals surface area contributed by atoms with Crippen molar-refractivity contribution in [2.24, 2.45) is 0 Å². The van der Waals surface area contributed by atoms with Crippen molar-refractivity contribution in [3.05, 3.63) is 52.5 Å². The molecular weight excluding hydrogens is 364 g/mol. The Balaban J connectivity index is 1.92. The third kappa shape index (κ3) is 3.44. The Bertz CT molecular complexity index is 784. The number of aryl methyl sites for hydroxylation is 1. The number of hydrogen-bond acceptors (Lipinski definition) is 3. The highest BCUT2D eigenvalue weighted by Crippen LogP contribution is 2.35. The van der Waals surface area contributed by atoms with Gasteiger partial charge in [-0.05, 0) is 60.0 Å². The van der Waals surface area contributed by atoms with Crippen molar-refractivity contribution in [1.29, 1.82) is 0 Å². The minimum Gasteiger partial charge on any atom is -0.381 e. The van der Waals surface area contributed by atoms with E-state index in [0.29, 0.717) is 16.2 Å². The van der Waals surface area contributed by atoms with E-state index in [9.17, 15) is 8.42 Å². The lowest BCUT2D eigenvalue weighted by molar-refractivity contribution is 0.601. The lowest BCUT2D eigenvalue weighted by Gasteiger charge is -2.15. The molecule has 2 N–H and O–H groups in total. The van der Waals surface area contributed by atoms with Crippen LogP contribution in [0.4, 0.5) is 11.4 Å². The van der Waals surface area contributed by atoms with Crippen molar-refractivity contribution in [3.8, 4) is 0 Å². The number of para-hydroxylation sites is 1. The van der Waals surface area contributed by atoms with Gasteiger partial charge in [0.05, 0.1) is 16.3 Å². The fraction of sp³-hybridized carbons (Fsp3) is 0.250. The first-order valence-corrected chi connectivity index (χ1v) is 9.38. The van der Waals surface area contributed by atoms with Crippen molar-refractivity contribution >= 4 is 37.3 Å². The van der Waals surface area contributed by atoms with E-state index in [2.05, 4.69) is 26.0 Å². The number of benzene rings is 2. The largest absolute Gasteiger partial charge is 0.381 e. The van der Waals surface area contributed by atoms with E-state index in [1.165, 1.54) is 0 Å². The first kappa shape index (κ1) is 15.4. The van der Waals surface area contributed by atoms with Crippen molar-refractivity contribution in [3.63, 3.8) is 0 Å². The number of rotatable bonds is 5. The summed E-state index contributed by atoms with van der Waals surface area (Å²) in [6, 6.07) is 12.8. The molecule has 1 fully saturated rings. The molecule has 6 heteroatoms. The molecule has 0 aliphatic heterocycles. The second-order valence-electron chi connectivity index (χ2n) is 5.50. The lowest BCUT2D eigenvalue weighted by atomic mass is 10.2. The van der Waals surface area contributed by atoms with Crippen molar-refractivity contribution in [2.45, 2.75) is 30.7 Å². The Morgan fingerprint density at radius 1 is 1.09 bits per heavy atom. The van der Waals surface area contributed by atoms with Gasteiger partial charge in [-0.2, -0.15) is 0 Å². The summed E-state index contributed by atoms with van der Waals surface area (Å²) < 4.78 is 28.5. The monoisotopic (exact) mass is 380 g/mol. The summed E-state index contributed by atoms with van der Waals surface area (Å²) in [6.07, 6.45) is 2.24. The van der Waals surface area contributed by atoms with Crippen LogP contribution in [0.15, 0.2) is 51.8 Å². The van der Waals surface area contributed by atoms with Crippen LogP contribution >= 0.6 is 15.9 Å². The predicted molar refractivity (Wildman–Crippen MR) is 92.8 cm³/mol. The molecule has 116 valence electrons. The number of hydrogen-bond donors (Lipinski definition) is 2. The van der Waals surface area contributed by atoms with Crippen molar-refractivity contribution in [2.75, 3.05) is 10.0 Å². The van der Waals surface area contributed by atoms with Gasteiger partial charge in [0.2, 0.25) is 0 Å². The van der Waals surface area contributed by atoms with Crippen LogP contribution in [0, 0.1) is 6.92 Å². The van der Waals surface area contributed by atoms with Gasteiger partial charge in [-0.15, -0.1) is 0 Å². The molecule has 22 heavy (non-hydrogen) atoms. The van der Waals surface area contributed by atoms with E-state index >= 15 is 0 Å². The van der Waals surface area contributed by atoms with Gasteiger partial charge < -0.3 is 5.32 Å². The Hall–Kier alpha value is -1.53. The molecule has 2 aromatic rings. The van der Waals surface area contributed by atoms with Crippen LogP contribution in [0.5, 0.6) is 0 Å². The topological polar surface area (TPSA) is 58.2 Å². The second kappa shape index (κ2) is 5.93. The molecule has 3 rings (SSSR count). The Morgan fingerprint density at radius 3 is 2.41 bits per heavy atom. The summed E-state index contributed by atoms with van der Waals surface area (Å²) in [5.41, 5.74) is 2.37. The molecule has 0 radical (unpaired) electrons. The fourth-order valence-electron chi connectivity index (χ4n) is 2.11. The average molecular weight is 381 g/mol. The third-order valence-electron chi connectivity index (χ3n) is 3.52. The normalized spacial score (nSPS) is 14.6. The molecule has 2 aromatic carbocycles. The molecule has 4 nitrogen and oxygen atoms in total. The smallest absolute Gasteiger partial charge is 0.261 e. The van der Waals surface area contributed by atoms with E-state index in [-0.39, 0.29) is 4.90 Å². The summed E-state index contributed by atoms with van der Waals surface area (Å²) in [5, 5.41) is 3.35. The zero-order valence-corrected chi connectivity index (χ0v) is 14.5. The minimum atomic E-state index is -3.61. The minimum absolute atomic E-state index is 0.256. The van der Waals surface area contributed by atoms with Gasteiger partial charge >= 0.3 is 0 Å². The van der Waals surface area contributed by atoms with Crippen LogP contribution in [-0.2, 0) is 10.0 Å². The van der Waals surface area contributed by atoms with E-state index in [1.807, 2.05) is 25.1 Å². The molecule has 0 aromatic heterocycles. The van der Waals surface area contributed by atoms with Crippen LogP contribution in [-0.4, -0.2) is 14.5 Å². The molecule has 0 atom stereocenters. The summed E-state index contributed by atoms with van der Waals surface area (Å²) in [5.74, 6) is 0. The Kier molecular flexibility index (Phi) is 4.14. The quantitative estimate of drug-likeness (QED) is 0.819. The molecule has 0 saturated heterocycles. The first-order chi connectivity index (χ1) is 10.5. The Morgan fingerprint density at radius 2 is 1.77 bits per heavy atom. The third-order valence-corrected chi connectivity index (χ3v) is 5.54. The maximum Gasteiger partial charge on any atom is 0.261 e. The highest BCUT2D eigenvalue weighted by molar-refractivity contribution is 9.10. The SMILES string of the molecule is Cc1ccc(S(=O)(=O)Nc2c(Br)cccc2NC2CC2)cc1. The summed E-state index contributed by atoms with van der Waals surface area (Å²) in [7, 11) is -3.61. The molecule has 0 bridgehead atoms. The van der Waals surface area contributed by atoms with Gasteiger partial charge in [0.25, 0.3) is 10.0 Å². The van der Waals surface area contributed by atoms with Crippen molar-refractivity contribution in [1.82, 2.24) is 0 Å². The van der Waals surface area contributed by atoms with E-state index in [4.69, 9.17) is 0 Å². The van der Waals surface area contributed by atoms with E-state index in [0.717, 1.165) is 24.1 Å². The van der Waals surface area contributed by atoms with Gasteiger partial charge in [-0.3, -0.25) is 4.72 Å². The zero-order chi connectivity index (χ0) is 15.7. The van der Waals surface area contributed by atoms with Crippen LogP contribution < -0.4 is 10.0 Å². The highest BCUT2D eigenvalue weighted by Gasteiger charge is 2.24. The van der Waals surface area contributed by atoms with Gasteiger partial charge in [-0.25, -0.2) is 8.42 Å². The molecule has 1 aliphatic carbocycles. The number of sulfonamides is 1. The van der Waals surface area contributed by atoms with E-state index in [1.54, 1.807) is 24.3 Å². The zero-order valence-electron chi connectivity index (χ0n) is 12.1. The van der Waals surface area contributed by atoms with Gasteiger partial charge in [0.1, 0.15) is 0 Å². The predicted octanol–water partition coefficient (Wildman–Crippen LogP) is 4.13. The van der Waals surface area contributed by atoms with Crippen LogP contribution in [0.2, 0.25) is 0 Å². The molecule has 0 heterocycles. The highest BCUT2D eigenvalue weighted by atomic mass is 79.9. The molecule has 0 amide bonds. The molecular formula is C16H17BrN2O2S. The number of nitrogens with one attached hydrogen (secondary N) is 2. The summed E-state index contributed by atoms with van der Waals surface area (Å²) >= 11 is 3.43. The fourth-order valence-corrected chi connectivity index (χ4v) is 3.80. The van der Waals surface area contributed by atoms with Crippen LogP contribution in [0.3, 0.4) is 0 Å².